The predicted octanol–water partition coefficient (Wildman–Crippen LogP) is 6.16. The third-order valence-electron chi connectivity index (χ3n) is 4.88. The molecule has 0 aliphatic heterocycles. The summed E-state index contributed by atoms with van der Waals surface area (Å²) in [7, 11) is 13.5. The van der Waals surface area contributed by atoms with Crippen LogP contribution in [0.3, 0.4) is 0 Å². The van der Waals surface area contributed by atoms with E-state index in [0.717, 1.165) is 32.3 Å². The van der Waals surface area contributed by atoms with Gasteiger partial charge >= 0.3 is 0 Å². The SMILES string of the molecule is POc1cc2c3cc(OP)c(OP)cc3c3cc(OP)c(OP)cc3c2cc1OP. The molecule has 4 aromatic carbocycles. The lowest BCUT2D eigenvalue weighted by Crippen LogP contribution is -1.91. The van der Waals surface area contributed by atoms with Gasteiger partial charge in [-0.05, 0) is 68.7 Å². The highest BCUT2D eigenvalue weighted by molar-refractivity contribution is 7.11. The van der Waals surface area contributed by atoms with E-state index in [2.05, 4.69) is 56.8 Å². The minimum absolute atomic E-state index is 0.579. The Labute approximate surface area is 187 Å². The number of hydrogen-bond acceptors (Lipinski definition) is 6. The molecule has 6 atom stereocenters. The molecule has 156 valence electrons. The second-order valence-electron chi connectivity index (χ2n) is 6.24. The van der Waals surface area contributed by atoms with Crippen molar-refractivity contribution < 1.29 is 27.1 Å². The zero-order valence-corrected chi connectivity index (χ0v) is 22.3. The smallest absolute Gasteiger partial charge is 0.165 e. The highest BCUT2D eigenvalue weighted by atomic mass is 31.0. The van der Waals surface area contributed by atoms with Crippen molar-refractivity contribution >= 4 is 89.1 Å². The van der Waals surface area contributed by atoms with Gasteiger partial charge in [0.1, 0.15) is 0 Å². The molecule has 0 heterocycles. The standard InChI is InChI=1S/C18H18O6P6/c25-19-13-1-7-8(2-14(13)20-26)10-4-17(23-29)18(24-30)6-12(10)11-5-16(22-28)15(21-27)3-9(7)11/h1-6H,25-30H2. The summed E-state index contributed by atoms with van der Waals surface area (Å²) in [6, 6.07) is 11.6. The molecule has 0 radical (unpaired) electrons. The van der Waals surface area contributed by atoms with E-state index in [1.807, 2.05) is 36.4 Å². The highest BCUT2D eigenvalue weighted by Gasteiger charge is 2.18. The molecule has 4 aromatic rings. The molecule has 0 saturated carbocycles. The van der Waals surface area contributed by atoms with Gasteiger partial charge in [0.15, 0.2) is 34.5 Å². The Bertz CT molecular complexity index is 999. The number of hydrogen-bond donors (Lipinski definition) is 0. The van der Waals surface area contributed by atoms with Crippen LogP contribution in [0.15, 0.2) is 36.4 Å². The van der Waals surface area contributed by atoms with Crippen molar-refractivity contribution in [3.63, 3.8) is 0 Å². The maximum Gasteiger partial charge on any atom is 0.165 e. The molecule has 0 fully saturated rings. The summed E-state index contributed by atoms with van der Waals surface area (Å²) in [4.78, 5) is 0. The summed E-state index contributed by atoms with van der Waals surface area (Å²) in [6.07, 6.45) is 0. The largest absolute Gasteiger partial charge is 0.476 e. The van der Waals surface area contributed by atoms with E-state index in [9.17, 15) is 0 Å². The average Bonchev–Trinajstić information content (AvgIpc) is 2.81. The van der Waals surface area contributed by atoms with Crippen molar-refractivity contribution in [2.45, 2.75) is 0 Å². The van der Waals surface area contributed by atoms with Gasteiger partial charge in [0.05, 0.1) is 56.8 Å². The Morgan fingerprint density at radius 1 is 0.300 bits per heavy atom. The Kier molecular flexibility index (Phi) is 6.87. The minimum atomic E-state index is 0.579. The molecule has 6 unspecified atom stereocenters. The summed E-state index contributed by atoms with van der Waals surface area (Å²) < 4.78 is 32.7. The van der Waals surface area contributed by atoms with Gasteiger partial charge in [-0.3, -0.25) is 0 Å². The first-order chi connectivity index (χ1) is 14.6. The van der Waals surface area contributed by atoms with Gasteiger partial charge < -0.3 is 27.1 Å². The molecule has 4 rings (SSSR count). The Balaban J connectivity index is 2.29. The first-order valence-electron chi connectivity index (χ1n) is 8.35. The van der Waals surface area contributed by atoms with E-state index in [-0.39, 0.29) is 0 Å². The third kappa shape index (κ3) is 3.63. The van der Waals surface area contributed by atoms with Crippen LogP contribution in [0.2, 0.25) is 0 Å². The average molecular weight is 516 g/mol. The van der Waals surface area contributed by atoms with Crippen LogP contribution in [0.5, 0.6) is 34.5 Å². The monoisotopic (exact) mass is 516 g/mol. The third-order valence-corrected chi connectivity index (χ3v) is 6.41. The lowest BCUT2D eigenvalue weighted by molar-refractivity contribution is 0.570. The fourth-order valence-corrected chi connectivity index (χ4v) is 4.67. The zero-order valence-electron chi connectivity index (χ0n) is 15.4. The van der Waals surface area contributed by atoms with Crippen LogP contribution in [-0.4, -0.2) is 0 Å². The molecule has 0 aliphatic carbocycles. The summed E-state index contributed by atoms with van der Waals surface area (Å²) in [5.74, 6) is 3.47. The van der Waals surface area contributed by atoms with Gasteiger partial charge in [-0.25, -0.2) is 0 Å². The second-order valence-corrected chi connectivity index (χ2v) is 7.65. The summed E-state index contributed by atoms with van der Waals surface area (Å²) in [5, 5.41) is 5.71. The molecular formula is C18H18O6P6. The van der Waals surface area contributed by atoms with E-state index in [4.69, 9.17) is 27.1 Å². The van der Waals surface area contributed by atoms with E-state index in [1.54, 1.807) is 0 Å². The predicted molar refractivity (Wildman–Crippen MR) is 141 cm³/mol. The minimum Gasteiger partial charge on any atom is -0.476 e. The van der Waals surface area contributed by atoms with Crippen molar-refractivity contribution in [3.05, 3.63) is 36.4 Å². The lowest BCUT2D eigenvalue weighted by atomic mass is 9.93. The molecule has 0 saturated heterocycles. The molecule has 0 N–H and O–H groups in total. The van der Waals surface area contributed by atoms with Crippen molar-refractivity contribution in [2.75, 3.05) is 0 Å². The molecule has 0 amide bonds. The van der Waals surface area contributed by atoms with Gasteiger partial charge in [-0.1, -0.05) is 0 Å². The fraction of sp³-hybridized carbons (Fsp3) is 0. The molecule has 0 bridgehead atoms. The summed E-state index contributed by atoms with van der Waals surface area (Å²) in [5.41, 5.74) is 0. The van der Waals surface area contributed by atoms with Crippen molar-refractivity contribution in [1.82, 2.24) is 0 Å². The maximum absolute atomic E-state index is 5.45. The number of fused-ring (bicyclic) bond motifs is 6. The molecule has 0 aliphatic rings. The van der Waals surface area contributed by atoms with Gasteiger partial charge in [-0.15, -0.1) is 0 Å². The van der Waals surface area contributed by atoms with Crippen LogP contribution in [0, 0.1) is 0 Å². The van der Waals surface area contributed by atoms with Crippen LogP contribution in [0.1, 0.15) is 0 Å². The quantitative estimate of drug-likeness (QED) is 0.226. The van der Waals surface area contributed by atoms with Crippen LogP contribution in [0.4, 0.5) is 0 Å². The number of rotatable bonds is 6. The Morgan fingerprint density at radius 2 is 0.433 bits per heavy atom. The topological polar surface area (TPSA) is 55.4 Å². The van der Waals surface area contributed by atoms with Crippen LogP contribution in [-0.2, 0) is 0 Å². The Hall–Kier alpha value is -0.960. The molecule has 0 aromatic heterocycles. The van der Waals surface area contributed by atoms with Crippen molar-refractivity contribution in [3.8, 4) is 34.5 Å². The van der Waals surface area contributed by atoms with Crippen LogP contribution in [0.25, 0.3) is 32.3 Å². The van der Waals surface area contributed by atoms with Crippen molar-refractivity contribution in [1.29, 1.82) is 0 Å². The molecule has 0 spiro atoms. The second kappa shape index (κ2) is 9.27. The Morgan fingerprint density at radius 3 is 0.533 bits per heavy atom. The summed E-state index contributed by atoms with van der Waals surface area (Å²) >= 11 is 0. The normalized spacial score (nSPS) is 11.0. The first kappa shape index (κ1) is 22.2. The van der Waals surface area contributed by atoms with Gasteiger partial charge in [0.2, 0.25) is 0 Å². The van der Waals surface area contributed by atoms with E-state index < -0.39 is 0 Å². The van der Waals surface area contributed by atoms with Crippen LogP contribution >= 0.6 is 56.8 Å². The summed E-state index contributed by atoms with van der Waals surface area (Å²) in [6.45, 7) is 0. The first-order valence-corrected chi connectivity index (χ1v) is 11.2. The molecule has 30 heavy (non-hydrogen) atoms. The molecule has 12 heteroatoms. The van der Waals surface area contributed by atoms with Gasteiger partial charge in [-0.2, -0.15) is 0 Å². The van der Waals surface area contributed by atoms with E-state index >= 15 is 0 Å². The van der Waals surface area contributed by atoms with Crippen LogP contribution < -0.4 is 27.1 Å². The maximum atomic E-state index is 5.45. The molecule has 6 nitrogen and oxygen atoms in total. The highest BCUT2D eigenvalue weighted by Crippen LogP contribution is 2.48. The van der Waals surface area contributed by atoms with E-state index in [0.29, 0.717) is 34.5 Å². The van der Waals surface area contributed by atoms with Gasteiger partial charge in [0, 0.05) is 0 Å². The van der Waals surface area contributed by atoms with E-state index in [1.165, 1.54) is 0 Å². The zero-order chi connectivity index (χ0) is 21.4. The molecular weight excluding hydrogens is 498 g/mol. The number of benzene rings is 4. The van der Waals surface area contributed by atoms with Crippen molar-refractivity contribution in [2.24, 2.45) is 0 Å². The van der Waals surface area contributed by atoms with Gasteiger partial charge in [0.25, 0.3) is 0 Å². The lowest BCUT2D eigenvalue weighted by Gasteiger charge is -2.17. The fourth-order valence-electron chi connectivity index (χ4n) is 3.57.